The van der Waals surface area contributed by atoms with E-state index in [1.807, 2.05) is 20.8 Å². The Morgan fingerprint density at radius 3 is 2.84 bits per heavy atom. The van der Waals surface area contributed by atoms with Crippen molar-refractivity contribution in [3.63, 3.8) is 0 Å². The molecule has 5 nitrogen and oxygen atoms in total. The van der Waals surface area contributed by atoms with Crippen molar-refractivity contribution in [2.75, 3.05) is 26.2 Å². The summed E-state index contributed by atoms with van der Waals surface area (Å²) in [5, 5.41) is 0. The fourth-order valence-corrected chi connectivity index (χ4v) is 2.95. The predicted molar refractivity (Wildman–Crippen MR) is 72.9 cm³/mol. The van der Waals surface area contributed by atoms with E-state index < -0.39 is 5.60 Å². The van der Waals surface area contributed by atoms with Gasteiger partial charge in [0.25, 0.3) is 0 Å². The lowest BCUT2D eigenvalue weighted by atomic mass is 9.87. The third-order valence-electron chi connectivity index (χ3n) is 3.81. The Hall–Kier alpha value is -0.810. The van der Waals surface area contributed by atoms with Gasteiger partial charge < -0.3 is 20.1 Å². The molecule has 2 aliphatic heterocycles. The second kappa shape index (κ2) is 5.29. The number of amides is 1. The van der Waals surface area contributed by atoms with Crippen LogP contribution in [0.25, 0.3) is 0 Å². The first-order valence-corrected chi connectivity index (χ1v) is 7.15. The molecule has 2 N–H and O–H groups in total. The quantitative estimate of drug-likeness (QED) is 0.788. The van der Waals surface area contributed by atoms with Gasteiger partial charge in [-0.15, -0.1) is 0 Å². The third-order valence-corrected chi connectivity index (χ3v) is 3.81. The molecule has 2 fully saturated rings. The Kier molecular flexibility index (Phi) is 4.06. The smallest absolute Gasteiger partial charge is 0.410 e. The van der Waals surface area contributed by atoms with Crippen LogP contribution in [0.15, 0.2) is 0 Å². The highest BCUT2D eigenvalue weighted by Gasteiger charge is 2.44. The molecule has 110 valence electrons. The van der Waals surface area contributed by atoms with Crippen molar-refractivity contribution in [1.82, 2.24) is 4.90 Å². The first kappa shape index (κ1) is 14.6. The van der Waals surface area contributed by atoms with Gasteiger partial charge in [-0.3, -0.25) is 0 Å². The fraction of sp³-hybridized carbons (Fsp3) is 0.929. The summed E-state index contributed by atoms with van der Waals surface area (Å²) in [5.41, 5.74) is 5.09. The maximum atomic E-state index is 12.1. The lowest BCUT2D eigenvalue weighted by molar-refractivity contribution is -0.0577. The summed E-state index contributed by atoms with van der Waals surface area (Å²) in [7, 11) is 0. The lowest BCUT2D eigenvalue weighted by Gasteiger charge is -2.40. The molecule has 2 heterocycles. The molecule has 1 spiro atoms. The Bertz CT molecular complexity index is 340. The van der Waals surface area contributed by atoms with E-state index in [1.165, 1.54) is 0 Å². The number of hydrogen-bond donors (Lipinski definition) is 1. The van der Waals surface area contributed by atoms with E-state index in [1.54, 1.807) is 4.90 Å². The number of carbonyl (C=O) groups excluding carboxylic acids is 1. The largest absolute Gasteiger partial charge is 0.444 e. The summed E-state index contributed by atoms with van der Waals surface area (Å²) in [6, 6.07) is 0. The van der Waals surface area contributed by atoms with Gasteiger partial charge in [0.1, 0.15) is 5.60 Å². The molecule has 0 radical (unpaired) electrons. The summed E-state index contributed by atoms with van der Waals surface area (Å²) >= 11 is 0. The van der Waals surface area contributed by atoms with Crippen LogP contribution >= 0.6 is 0 Å². The van der Waals surface area contributed by atoms with Gasteiger partial charge in [0.2, 0.25) is 0 Å². The monoisotopic (exact) mass is 270 g/mol. The van der Waals surface area contributed by atoms with Crippen molar-refractivity contribution >= 4 is 6.09 Å². The topological polar surface area (TPSA) is 64.8 Å². The van der Waals surface area contributed by atoms with Crippen molar-refractivity contribution in [2.24, 2.45) is 11.7 Å². The molecule has 0 aromatic rings. The molecule has 0 aromatic carbocycles. The van der Waals surface area contributed by atoms with Crippen LogP contribution in [0.2, 0.25) is 0 Å². The van der Waals surface area contributed by atoms with Gasteiger partial charge in [-0.25, -0.2) is 4.79 Å². The van der Waals surface area contributed by atoms with Crippen LogP contribution in [-0.4, -0.2) is 48.4 Å². The van der Waals surface area contributed by atoms with Crippen molar-refractivity contribution in [3.8, 4) is 0 Å². The van der Waals surface area contributed by atoms with Gasteiger partial charge in [0, 0.05) is 6.54 Å². The highest BCUT2D eigenvalue weighted by molar-refractivity contribution is 5.68. The van der Waals surface area contributed by atoms with Gasteiger partial charge >= 0.3 is 6.09 Å². The summed E-state index contributed by atoms with van der Waals surface area (Å²) in [6.07, 6.45) is 2.72. The lowest BCUT2D eigenvalue weighted by Crippen LogP contribution is -2.51. The van der Waals surface area contributed by atoms with E-state index in [2.05, 4.69) is 0 Å². The Morgan fingerprint density at radius 2 is 2.26 bits per heavy atom. The van der Waals surface area contributed by atoms with Gasteiger partial charge in [-0.1, -0.05) is 0 Å². The summed E-state index contributed by atoms with van der Waals surface area (Å²) in [6.45, 7) is 8.45. The first-order valence-electron chi connectivity index (χ1n) is 7.15. The second-order valence-corrected chi connectivity index (χ2v) is 6.81. The van der Waals surface area contributed by atoms with E-state index in [0.29, 0.717) is 19.0 Å². The number of ether oxygens (including phenoxy) is 2. The third kappa shape index (κ3) is 3.60. The van der Waals surface area contributed by atoms with Crippen LogP contribution < -0.4 is 5.73 Å². The normalized spacial score (nSPS) is 31.8. The maximum absolute atomic E-state index is 12.1. The molecule has 2 atom stereocenters. The number of likely N-dealkylation sites (tertiary alicyclic amines) is 1. The van der Waals surface area contributed by atoms with E-state index in [0.717, 1.165) is 32.4 Å². The molecular formula is C14H26N2O3. The number of nitrogens with two attached hydrogens (primary N) is 1. The molecule has 0 unspecified atom stereocenters. The number of nitrogens with zero attached hydrogens (tertiary/aromatic N) is 1. The number of carbonyl (C=O) groups is 1. The van der Waals surface area contributed by atoms with Crippen LogP contribution in [0.3, 0.4) is 0 Å². The van der Waals surface area contributed by atoms with Crippen LogP contribution in [0.5, 0.6) is 0 Å². The van der Waals surface area contributed by atoms with Gasteiger partial charge in [-0.2, -0.15) is 0 Å². The van der Waals surface area contributed by atoms with Crippen molar-refractivity contribution in [3.05, 3.63) is 0 Å². The summed E-state index contributed by atoms with van der Waals surface area (Å²) in [4.78, 5) is 13.9. The Labute approximate surface area is 115 Å². The number of rotatable bonds is 1. The van der Waals surface area contributed by atoms with E-state index in [9.17, 15) is 4.79 Å². The maximum Gasteiger partial charge on any atom is 0.410 e. The predicted octanol–water partition coefficient (Wildman–Crippen LogP) is 1.75. The summed E-state index contributed by atoms with van der Waals surface area (Å²) in [5.74, 6) is 0.429. The SMILES string of the molecule is CC(C)(C)OC(=O)N1CCC[C@@]2(C[C@H](CN)CO2)C1. The molecule has 0 saturated carbocycles. The molecule has 1 amide bonds. The van der Waals surface area contributed by atoms with Crippen LogP contribution in [0.1, 0.15) is 40.0 Å². The average Bonchev–Trinajstić information content (AvgIpc) is 2.70. The standard InChI is InChI=1S/C14H26N2O3/c1-13(2,3)19-12(17)16-6-4-5-14(10-16)7-11(8-15)9-18-14/h11H,4-10,15H2,1-3H3/t11-,14-/m1/s1. The minimum Gasteiger partial charge on any atom is -0.444 e. The van der Waals surface area contributed by atoms with Crippen LogP contribution in [0.4, 0.5) is 4.79 Å². The molecule has 2 aliphatic rings. The van der Waals surface area contributed by atoms with E-state index in [4.69, 9.17) is 15.2 Å². The highest BCUT2D eigenvalue weighted by atomic mass is 16.6. The minimum atomic E-state index is -0.446. The van der Waals surface area contributed by atoms with Crippen molar-refractivity contribution in [2.45, 2.75) is 51.2 Å². The van der Waals surface area contributed by atoms with Crippen molar-refractivity contribution in [1.29, 1.82) is 0 Å². The zero-order valence-electron chi connectivity index (χ0n) is 12.3. The van der Waals surface area contributed by atoms with Crippen LogP contribution in [-0.2, 0) is 9.47 Å². The molecule has 0 bridgehead atoms. The zero-order valence-corrected chi connectivity index (χ0v) is 12.3. The molecular weight excluding hydrogens is 244 g/mol. The minimum absolute atomic E-state index is 0.181. The molecule has 5 heteroatoms. The van der Waals surface area contributed by atoms with Crippen molar-refractivity contribution < 1.29 is 14.3 Å². The first-order chi connectivity index (χ1) is 8.84. The molecule has 0 aliphatic carbocycles. The average molecular weight is 270 g/mol. The molecule has 19 heavy (non-hydrogen) atoms. The highest BCUT2D eigenvalue weighted by Crippen LogP contribution is 2.37. The molecule has 2 rings (SSSR count). The van der Waals surface area contributed by atoms with Gasteiger partial charge in [0.15, 0.2) is 0 Å². The van der Waals surface area contributed by atoms with E-state index >= 15 is 0 Å². The molecule has 0 aromatic heterocycles. The zero-order chi connectivity index (χ0) is 14.1. The molecule has 2 saturated heterocycles. The number of hydrogen-bond acceptors (Lipinski definition) is 4. The summed E-state index contributed by atoms with van der Waals surface area (Å²) < 4.78 is 11.4. The van der Waals surface area contributed by atoms with Gasteiger partial charge in [-0.05, 0) is 52.5 Å². The fourth-order valence-electron chi connectivity index (χ4n) is 2.95. The number of piperidine rings is 1. The van der Waals surface area contributed by atoms with E-state index in [-0.39, 0.29) is 11.7 Å². The van der Waals surface area contributed by atoms with Gasteiger partial charge in [0.05, 0.1) is 18.8 Å². The Balaban J connectivity index is 1.96. The van der Waals surface area contributed by atoms with Crippen LogP contribution in [0, 0.1) is 5.92 Å². The Morgan fingerprint density at radius 1 is 1.53 bits per heavy atom. The second-order valence-electron chi connectivity index (χ2n) is 6.81.